The van der Waals surface area contributed by atoms with Crippen LogP contribution in [0.3, 0.4) is 0 Å². The van der Waals surface area contributed by atoms with Gasteiger partial charge in [0.15, 0.2) is 11.0 Å². The fraction of sp³-hybridized carbons (Fsp3) is 0.438. The molecule has 0 radical (unpaired) electrons. The molecule has 1 saturated heterocycles. The van der Waals surface area contributed by atoms with Gasteiger partial charge < -0.3 is 14.4 Å². The van der Waals surface area contributed by atoms with Crippen molar-refractivity contribution in [3.05, 3.63) is 30.1 Å². The van der Waals surface area contributed by atoms with Gasteiger partial charge in [0.05, 0.1) is 5.75 Å². The van der Waals surface area contributed by atoms with Gasteiger partial charge in [0.25, 0.3) is 0 Å². The van der Waals surface area contributed by atoms with Crippen LogP contribution in [-0.2, 0) is 11.8 Å². The summed E-state index contributed by atoms with van der Waals surface area (Å²) >= 11 is 1.38. The molecule has 0 spiro atoms. The predicted octanol–water partition coefficient (Wildman–Crippen LogP) is 1.49. The summed E-state index contributed by atoms with van der Waals surface area (Å²) in [5.41, 5.74) is 0.795. The summed E-state index contributed by atoms with van der Waals surface area (Å²) in [7, 11) is 3.91. The van der Waals surface area contributed by atoms with Crippen molar-refractivity contribution in [1.29, 1.82) is 0 Å². The summed E-state index contributed by atoms with van der Waals surface area (Å²) in [6, 6.07) is 6.13. The maximum absolute atomic E-state index is 13.0. The Balaban J connectivity index is 1.62. The Morgan fingerprint density at radius 1 is 1.12 bits per heavy atom. The van der Waals surface area contributed by atoms with Crippen molar-refractivity contribution < 1.29 is 9.18 Å². The summed E-state index contributed by atoms with van der Waals surface area (Å²) < 4.78 is 14.9. The van der Waals surface area contributed by atoms with E-state index in [1.807, 2.05) is 16.5 Å². The zero-order chi connectivity index (χ0) is 17.1. The second-order valence-electron chi connectivity index (χ2n) is 5.84. The first-order chi connectivity index (χ1) is 11.5. The van der Waals surface area contributed by atoms with Crippen LogP contribution in [0.2, 0.25) is 0 Å². The molecule has 0 saturated carbocycles. The van der Waals surface area contributed by atoms with Gasteiger partial charge in [-0.3, -0.25) is 4.79 Å². The van der Waals surface area contributed by atoms with Crippen LogP contribution in [0.1, 0.15) is 0 Å². The Morgan fingerprint density at radius 2 is 1.79 bits per heavy atom. The van der Waals surface area contributed by atoms with E-state index in [1.165, 1.54) is 23.9 Å². The van der Waals surface area contributed by atoms with E-state index in [0.29, 0.717) is 16.7 Å². The molecule has 0 unspecified atom stereocenters. The van der Waals surface area contributed by atoms with Crippen LogP contribution in [0, 0.1) is 5.82 Å². The molecule has 1 aromatic carbocycles. The number of rotatable bonds is 4. The number of halogens is 1. The lowest BCUT2D eigenvalue weighted by Crippen LogP contribution is -2.47. The largest absolute Gasteiger partial charge is 0.339 e. The third kappa shape index (κ3) is 3.76. The number of carbonyl (C=O) groups is 1. The lowest BCUT2D eigenvalue weighted by molar-refractivity contribution is -0.129. The standard InChI is InChI=1S/C16H20FN5OS/c1-20-7-9-22(10-8-20)14(23)11-24-16-19-18-15(21(16)2)12-3-5-13(17)6-4-12/h3-6H,7-11H2,1-2H3. The van der Waals surface area contributed by atoms with E-state index in [2.05, 4.69) is 22.1 Å². The van der Waals surface area contributed by atoms with E-state index >= 15 is 0 Å². The minimum Gasteiger partial charge on any atom is -0.339 e. The zero-order valence-electron chi connectivity index (χ0n) is 13.8. The molecule has 0 aliphatic carbocycles. The Kier molecular flexibility index (Phi) is 5.15. The fourth-order valence-electron chi connectivity index (χ4n) is 2.56. The third-order valence-electron chi connectivity index (χ3n) is 4.12. The highest BCUT2D eigenvalue weighted by Crippen LogP contribution is 2.23. The SMILES string of the molecule is CN1CCN(C(=O)CSc2nnc(-c3ccc(F)cc3)n2C)CC1. The maximum atomic E-state index is 13.0. The van der Waals surface area contributed by atoms with E-state index < -0.39 is 0 Å². The zero-order valence-corrected chi connectivity index (χ0v) is 14.6. The topological polar surface area (TPSA) is 54.3 Å². The Hall–Kier alpha value is -1.93. The number of hydrogen-bond acceptors (Lipinski definition) is 5. The highest BCUT2D eigenvalue weighted by atomic mass is 32.2. The lowest BCUT2D eigenvalue weighted by atomic mass is 10.2. The molecule has 1 aliphatic heterocycles. The van der Waals surface area contributed by atoms with Crippen molar-refractivity contribution in [3.63, 3.8) is 0 Å². The number of thioether (sulfide) groups is 1. The van der Waals surface area contributed by atoms with Gasteiger partial charge in [-0.15, -0.1) is 10.2 Å². The number of benzene rings is 1. The van der Waals surface area contributed by atoms with Crippen molar-refractivity contribution in [3.8, 4) is 11.4 Å². The van der Waals surface area contributed by atoms with Crippen LogP contribution in [0.15, 0.2) is 29.4 Å². The molecule has 6 nitrogen and oxygen atoms in total. The molecule has 1 aromatic heterocycles. The average molecular weight is 349 g/mol. The normalized spacial score (nSPS) is 15.7. The molecule has 24 heavy (non-hydrogen) atoms. The number of carbonyl (C=O) groups excluding carboxylic acids is 1. The van der Waals surface area contributed by atoms with Gasteiger partial charge >= 0.3 is 0 Å². The van der Waals surface area contributed by atoms with E-state index in [9.17, 15) is 9.18 Å². The second kappa shape index (κ2) is 7.31. The molecule has 8 heteroatoms. The number of aromatic nitrogens is 3. The molecule has 128 valence electrons. The van der Waals surface area contributed by atoms with Crippen molar-refractivity contribution in [2.75, 3.05) is 39.0 Å². The smallest absolute Gasteiger partial charge is 0.233 e. The summed E-state index contributed by atoms with van der Waals surface area (Å²) in [5.74, 6) is 0.844. The number of likely N-dealkylation sites (N-methyl/N-ethyl adjacent to an activating group) is 1. The van der Waals surface area contributed by atoms with Crippen LogP contribution >= 0.6 is 11.8 Å². The maximum Gasteiger partial charge on any atom is 0.233 e. The minimum atomic E-state index is -0.284. The molecule has 2 heterocycles. The summed E-state index contributed by atoms with van der Waals surface area (Å²) in [6.45, 7) is 3.37. The minimum absolute atomic E-state index is 0.124. The highest BCUT2D eigenvalue weighted by molar-refractivity contribution is 7.99. The van der Waals surface area contributed by atoms with Crippen LogP contribution < -0.4 is 0 Å². The van der Waals surface area contributed by atoms with Gasteiger partial charge in [-0.05, 0) is 31.3 Å². The molecule has 0 N–H and O–H groups in total. The molecule has 1 aliphatic rings. The Morgan fingerprint density at radius 3 is 2.46 bits per heavy atom. The van der Waals surface area contributed by atoms with Crippen molar-refractivity contribution in [2.45, 2.75) is 5.16 Å². The number of piperazine rings is 1. The molecule has 1 fully saturated rings. The van der Waals surface area contributed by atoms with Gasteiger partial charge in [-0.2, -0.15) is 0 Å². The number of nitrogens with zero attached hydrogens (tertiary/aromatic N) is 5. The van der Waals surface area contributed by atoms with E-state index in [1.54, 1.807) is 12.1 Å². The molecular weight excluding hydrogens is 329 g/mol. The molecule has 3 rings (SSSR count). The van der Waals surface area contributed by atoms with E-state index in [0.717, 1.165) is 31.7 Å². The fourth-order valence-corrected chi connectivity index (χ4v) is 3.38. The second-order valence-corrected chi connectivity index (χ2v) is 6.79. The van der Waals surface area contributed by atoms with E-state index in [-0.39, 0.29) is 11.7 Å². The quantitative estimate of drug-likeness (QED) is 0.783. The first-order valence-corrected chi connectivity index (χ1v) is 8.77. The first-order valence-electron chi connectivity index (χ1n) is 7.79. The molecule has 2 aromatic rings. The van der Waals surface area contributed by atoms with Gasteiger partial charge in [0.1, 0.15) is 5.82 Å². The summed E-state index contributed by atoms with van der Waals surface area (Å²) in [4.78, 5) is 16.4. The molecular formula is C16H20FN5OS. The number of amides is 1. The van der Waals surface area contributed by atoms with E-state index in [4.69, 9.17) is 0 Å². The first kappa shape index (κ1) is 16.9. The van der Waals surface area contributed by atoms with Crippen LogP contribution in [-0.4, -0.2) is 69.5 Å². The highest BCUT2D eigenvalue weighted by Gasteiger charge is 2.20. The van der Waals surface area contributed by atoms with Crippen LogP contribution in [0.4, 0.5) is 4.39 Å². The van der Waals surface area contributed by atoms with Gasteiger partial charge in [0, 0.05) is 38.8 Å². The third-order valence-corrected chi connectivity index (χ3v) is 5.12. The predicted molar refractivity (Wildman–Crippen MR) is 91.2 cm³/mol. The lowest BCUT2D eigenvalue weighted by Gasteiger charge is -2.32. The Labute approximate surface area is 144 Å². The van der Waals surface area contributed by atoms with Crippen molar-refractivity contribution in [2.24, 2.45) is 7.05 Å². The van der Waals surface area contributed by atoms with Crippen molar-refractivity contribution in [1.82, 2.24) is 24.6 Å². The monoisotopic (exact) mass is 349 g/mol. The average Bonchev–Trinajstić information content (AvgIpc) is 2.95. The number of hydrogen-bond donors (Lipinski definition) is 0. The van der Waals surface area contributed by atoms with Gasteiger partial charge in [-0.25, -0.2) is 4.39 Å². The van der Waals surface area contributed by atoms with Gasteiger partial charge in [0.2, 0.25) is 5.91 Å². The summed E-state index contributed by atoms with van der Waals surface area (Å²) in [6.07, 6.45) is 0. The molecule has 0 bridgehead atoms. The molecule has 0 atom stereocenters. The van der Waals surface area contributed by atoms with Crippen molar-refractivity contribution >= 4 is 17.7 Å². The van der Waals surface area contributed by atoms with Gasteiger partial charge in [-0.1, -0.05) is 11.8 Å². The Bertz CT molecular complexity index is 710. The van der Waals surface area contributed by atoms with Crippen LogP contribution in [0.25, 0.3) is 11.4 Å². The summed E-state index contributed by atoms with van der Waals surface area (Å²) in [5, 5.41) is 8.98. The van der Waals surface area contributed by atoms with Crippen LogP contribution in [0.5, 0.6) is 0 Å². The molecule has 1 amide bonds.